The van der Waals surface area contributed by atoms with Crippen molar-refractivity contribution in [2.24, 2.45) is 0 Å². The topological polar surface area (TPSA) is 17.1 Å². The Balaban J connectivity index is 2.41. The summed E-state index contributed by atoms with van der Waals surface area (Å²) in [7, 11) is 0. The lowest BCUT2D eigenvalue weighted by molar-refractivity contribution is -0.597. The lowest BCUT2D eigenvalue weighted by atomic mass is 9.86. The lowest BCUT2D eigenvalue weighted by Crippen LogP contribution is -3.61. The van der Waals surface area contributed by atoms with Gasteiger partial charge >= 0.3 is 21.2 Å². The second-order valence-corrected chi connectivity index (χ2v) is 8.84. The van der Waals surface area contributed by atoms with Gasteiger partial charge in [0.1, 0.15) is 0 Å². The summed E-state index contributed by atoms with van der Waals surface area (Å²) in [5.41, 5.74) is 2.20. The number of hydrogen-bond donors (Lipinski definition) is 0. The average Bonchev–Trinajstić information content (AvgIpc) is 2.38. The fourth-order valence-electron chi connectivity index (χ4n) is 1.94. The molecule has 0 saturated carbocycles. The van der Waals surface area contributed by atoms with Crippen molar-refractivity contribution in [1.29, 1.82) is 0 Å². The number of rotatable bonds is 3. The van der Waals surface area contributed by atoms with Gasteiger partial charge in [-0.2, -0.15) is 0 Å². The minimum Gasteiger partial charge on any atom is -0.294 e. The van der Waals surface area contributed by atoms with Gasteiger partial charge in [0.15, 0.2) is 9.35 Å². The van der Waals surface area contributed by atoms with Gasteiger partial charge in [-0.25, -0.2) is 0 Å². The number of hydrogen-bond acceptors (Lipinski definition) is 1. The van der Waals surface area contributed by atoms with Crippen LogP contribution in [-0.2, 0) is 5.41 Å². The van der Waals surface area contributed by atoms with E-state index in [2.05, 4.69) is 63.2 Å². The van der Waals surface area contributed by atoms with Crippen LogP contribution in [0, 0.1) is 7.14 Å². The zero-order valence-electron chi connectivity index (χ0n) is 12.4. The highest BCUT2D eigenvalue weighted by Crippen LogP contribution is 2.22. The highest BCUT2D eigenvalue weighted by atomic mass is 127. The number of Topliss-reactive ketones (excluding diaryl/α,β-unsaturated/α-hetero) is 1. The average molecular weight is 379 g/mol. The zero-order chi connectivity index (χ0) is 14.8. The first kappa shape index (κ1) is 15.2. The molecule has 0 N–H and O–H groups in total. The van der Waals surface area contributed by atoms with Crippen molar-refractivity contribution in [1.82, 2.24) is 0 Å². The normalized spacial score (nSPS) is 11.4. The molecule has 0 atom stereocenters. The molecule has 0 spiro atoms. The summed E-state index contributed by atoms with van der Waals surface area (Å²) in [6.07, 6.45) is 0. The molecule has 0 aliphatic carbocycles. The monoisotopic (exact) mass is 379 g/mol. The minimum atomic E-state index is -0.297. The van der Waals surface area contributed by atoms with Gasteiger partial charge < -0.3 is 0 Å². The SMILES string of the molecule is CC(=O)c1cc(C(C)(C)C)ccc1[I+]c1ccccc1. The summed E-state index contributed by atoms with van der Waals surface area (Å²) in [6.45, 7) is 8.20. The lowest BCUT2D eigenvalue weighted by Gasteiger charge is -2.19. The third kappa shape index (κ3) is 3.69. The molecule has 1 nitrogen and oxygen atoms in total. The molecule has 0 aliphatic rings. The second-order valence-electron chi connectivity index (χ2n) is 5.89. The summed E-state index contributed by atoms with van der Waals surface area (Å²) in [4.78, 5) is 12.0. The molecular weight excluding hydrogens is 359 g/mol. The van der Waals surface area contributed by atoms with Crippen LogP contribution in [0.1, 0.15) is 43.6 Å². The fraction of sp³-hybridized carbons (Fsp3) is 0.278. The summed E-state index contributed by atoms with van der Waals surface area (Å²) in [6, 6.07) is 16.9. The van der Waals surface area contributed by atoms with Gasteiger partial charge in [0.05, 0.1) is 5.56 Å². The van der Waals surface area contributed by atoms with Crippen molar-refractivity contribution in [3.63, 3.8) is 0 Å². The van der Waals surface area contributed by atoms with E-state index in [0.717, 1.165) is 5.56 Å². The summed E-state index contributed by atoms with van der Waals surface area (Å²) >= 11 is -0.297. The molecule has 2 aromatic rings. The van der Waals surface area contributed by atoms with Crippen molar-refractivity contribution in [2.75, 3.05) is 0 Å². The van der Waals surface area contributed by atoms with Crippen molar-refractivity contribution in [2.45, 2.75) is 33.1 Å². The molecule has 0 radical (unpaired) electrons. The van der Waals surface area contributed by atoms with Crippen LogP contribution in [0.25, 0.3) is 0 Å². The first-order valence-electron chi connectivity index (χ1n) is 6.73. The molecule has 104 valence electrons. The van der Waals surface area contributed by atoms with E-state index in [0.29, 0.717) is 0 Å². The number of halogens is 1. The fourth-order valence-corrected chi connectivity index (χ4v) is 4.57. The van der Waals surface area contributed by atoms with Gasteiger partial charge in [-0.1, -0.05) is 45.0 Å². The van der Waals surface area contributed by atoms with E-state index in [1.54, 1.807) is 6.92 Å². The van der Waals surface area contributed by atoms with Crippen LogP contribution in [-0.4, -0.2) is 5.78 Å². The molecule has 0 saturated heterocycles. The third-order valence-electron chi connectivity index (χ3n) is 3.16. The van der Waals surface area contributed by atoms with E-state index in [9.17, 15) is 4.79 Å². The maximum absolute atomic E-state index is 12.0. The van der Waals surface area contributed by atoms with Crippen LogP contribution >= 0.6 is 0 Å². The molecule has 0 aromatic heterocycles. The van der Waals surface area contributed by atoms with Crippen LogP contribution in [0.2, 0.25) is 0 Å². The quantitative estimate of drug-likeness (QED) is 0.581. The molecule has 0 aliphatic heterocycles. The molecule has 0 unspecified atom stereocenters. The van der Waals surface area contributed by atoms with E-state index in [4.69, 9.17) is 0 Å². The van der Waals surface area contributed by atoms with Crippen molar-refractivity contribution < 1.29 is 26.0 Å². The molecule has 0 amide bonds. The van der Waals surface area contributed by atoms with Crippen molar-refractivity contribution >= 4 is 5.78 Å². The van der Waals surface area contributed by atoms with Crippen LogP contribution in [0.15, 0.2) is 48.5 Å². The number of ketones is 1. The summed E-state index contributed by atoms with van der Waals surface area (Å²) in [5, 5.41) is 0. The van der Waals surface area contributed by atoms with Gasteiger partial charge in [0, 0.05) is 0 Å². The largest absolute Gasteiger partial charge is 0.358 e. The number of benzene rings is 2. The highest BCUT2D eigenvalue weighted by molar-refractivity contribution is 5.94. The van der Waals surface area contributed by atoms with Gasteiger partial charge in [-0.15, -0.1) is 0 Å². The zero-order valence-corrected chi connectivity index (χ0v) is 14.6. The van der Waals surface area contributed by atoms with Crippen molar-refractivity contribution in [3.8, 4) is 0 Å². The molecule has 2 rings (SSSR count). The standard InChI is InChI=1S/C18H20IO/c1-13(20)16-12-14(18(2,3)4)10-11-17(16)19-15-8-6-5-7-9-15/h5-12H,1-4H3/q+1. The Kier molecular flexibility index (Phi) is 4.63. The Morgan fingerprint density at radius 1 is 1.00 bits per heavy atom. The van der Waals surface area contributed by atoms with Gasteiger partial charge in [0.2, 0.25) is 3.57 Å². The molecule has 2 heteroatoms. The predicted molar refractivity (Wildman–Crippen MR) is 79.0 cm³/mol. The van der Waals surface area contributed by atoms with Crippen LogP contribution < -0.4 is 21.2 Å². The van der Waals surface area contributed by atoms with Crippen LogP contribution in [0.3, 0.4) is 0 Å². The van der Waals surface area contributed by atoms with Gasteiger partial charge in [0.25, 0.3) is 0 Å². The molecule has 0 fully saturated rings. The Hall–Kier alpha value is -1.16. The molecular formula is C18H20IO+. The van der Waals surface area contributed by atoms with E-state index < -0.39 is 0 Å². The predicted octanol–water partition coefficient (Wildman–Crippen LogP) is 1.32. The summed E-state index contributed by atoms with van der Waals surface area (Å²) < 4.78 is 2.56. The van der Waals surface area contributed by atoms with Gasteiger partial charge in [-0.05, 0) is 42.2 Å². The Morgan fingerprint density at radius 2 is 1.65 bits per heavy atom. The van der Waals surface area contributed by atoms with Crippen LogP contribution in [0.5, 0.6) is 0 Å². The number of carbonyl (C=O) groups excluding carboxylic acids is 1. The minimum absolute atomic E-state index is 0.0772. The van der Waals surface area contributed by atoms with E-state index in [1.165, 1.54) is 12.7 Å². The highest BCUT2D eigenvalue weighted by Gasteiger charge is 2.24. The maximum Gasteiger partial charge on any atom is 0.358 e. The maximum atomic E-state index is 12.0. The Bertz CT molecular complexity index is 609. The van der Waals surface area contributed by atoms with E-state index >= 15 is 0 Å². The first-order valence-corrected chi connectivity index (χ1v) is 8.89. The number of carbonyl (C=O) groups is 1. The van der Waals surface area contributed by atoms with Gasteiger partial charge in [-0.3, -0.25) is 4.79 Å². The van der Waals surface area contributed by atoms with E-state index in [-0.39, 0.29) is 32.4 Å². The molecule has 0 heterocycles. The Labute approximate surface area is 131 Å². The molecule has 20 heavy (non-hydrogen) atoms. The first-order chi connectivity index (χ1) is 9.38. The molecule has 0 bridgehead atoms. The van der Waals surface area contributed by atoms with Crippen molar-refractivity contribution in [3.05, 3.63) is 66.8 Å². The smallest absolute Gasteiger partial charge is 0.294 e. The Morgan fingerprint density at radius 3 is 2.20 bits per heavy atom. The second kappa shape index (κ2) is 6.08. The molecule has 2 aromatic carbocycles. The van der Waals surface area contributed by atoms with E-state index in [1.807, 2.05) is 6.07 Å². The van der Waals surface area contributed by atoms with Crippen LogP contribution in [0.4, 0.5) is 0 Å². The summed E-state index contributed by atoms with van der Waals surface area (Å²) in [5.74, 6) is 0.168. The third-order valence-corrected chi connectivity index (χ3v) is 6.02.